The van der Waals surface area contributed by atoms with Gasteiger partial charge in [0.05, 0.1) is 12.7 Å². The molecule has 0 radical (unpaired) electrons. The zero-order chi connectivity index (χ0) is 11.6. The largest absolute Gasteiger partial charge is 0.353 e. The van der Waals surface area contributed by atoms with Crippen LogP contribution in [0.3, 0.4) is 0 Å². The maximum absolute atomic E-state index is 5.91. The predicted octanol–water partition coefficient (Wildman–Crippen LogP) is 4.05. The van der Waals surface area contributed by atoms with E-state index >= 15 is 0 Å². The van der Waals surface area contributed by atoms with Gasteiger partial charge in [-0.15, -0.1) is 0 Å². The van der Waals surface area contributed by atoms with E-state index in [2.05, 4.69) is 26.0 Å². The summed E-state index contributed by atoms with van der Waals surface area (Å²) in [6.07, 6.45) is 12.9. The van der Waals surface area contributed by atoms with Gasteiger partial charge in [0.2, 0.25) is 0 Å². The zero-order valence-electron chi connectivity index (χ0n) is 10.8. The summed E-state index contributed by atoms with van der Waals surface area (Å²) in [5, 5.41) is 0. The van der Waals surface area contributed by atoms with Gasteiger partial charge in [-0.05, 0) is 32.1 Å². The lowest BCUT2D eigenvalue weighted by atomic mass is 10.1. The Morgan fingerprint density at radius 3 is 2.81 bits per heavy atom. The molecule has 1 heterocycles. The molecule has 2 nitrogen and oxygen atoms in total. The second-order valence-electron chi connectivity index (χ2n) is 4.46. The molecule has 1 fully saturated rings. The number of hydrogen-bond acceptors (Lipinski definition) is 2. The summed E-state index contributed by atoms with van der Waals surface area (Å²) in [7, 11) is 0. The molecule has 16 heavy (non-hydrogen) atoms. The molecule has 2 atom stereocenters. The van der Waals surface area contributed by atoms with Crippen molar-refractivity contribution in [3.8, 4) is 0 Å². The maximum atomic E-state index is 5.91. The molecule has 1 rings (SSSR count). The summed E-state index contributed by atoms with van der Waals surface area (Å²) < 4.78 is 11.5. The third kappa shape index (κ3) is 5.66. The van der Waals surface area contributed by atoms with E-state index in [0.29, 0.717) is 6.10 Å². The zero-order valence-corrected chi connectivity index (χ0v) is 10.8. The van der Waals surface area contributed by atoms with Crippen molar-refractivity contribution in [3.05, 3.63) is 12.2 Å². The monoisotopic (exact) mass is 226 g/mol. The molecule has 2 heteroatoms. The van der Waals surface area contributed by atoms with E-state index in [1.807, 2.05) is 0 Å². The SMILES string of the molecule is CC/C=C\CC1CCOC(CCCCC)O1. The van der Waals surface area contributed by atoms with E-state index in [4.69, 9.17) is 9.47 Å². The molecule has 0 bridgehead atoms. The van der Waals surface area contributed by atoms with E-state index in [0.717, 1.165) is 32.3 Å². The first-order valence-electron chi connectivity index (χ1n) is 6.78. The van der Waals surface area contributed by atoms with Gasteiger partial charge in [0.15, 0.2) is 6.29 Å². The summed E-state index contributed by atoms with van der Waals surface area (Å²) in [4.78, 5) is 0. The molecule has 2 unspecified atom stereocenters. The molecule has 0 aliphatic carbocycles. The molecule has 94 valence electrons. The van der Waals surface area contributed by atoms with Crippen LogP contribution in [-0.2, 0) is 9.47 Å². The molecule has 0 saturated carbocycles. The van der Waals surface area contributed by atoms with Crippen LogP contribution in [0.1, 0.15) is 58.8 Å². The molecule has 1 aliphatic heterocycles. The molecular formula is C14H26O2. The highest BCUT2D eigenvalue weighted by molar-refractivity contribution is 4.84. The van der Waals surface area contributed by atoms with E-state index in [9.17, 15) is 0 Å². The van der Waals surface area contributed by atoms with Gasteiger partial charge in [-0.25, -0.2) is 0 Å². The van der Waals surface area contributed by atoms with Crippen molar-refractivity contribution in [2.24, 2.45) is 0 Å². The highest BCUT2D eigenvalue weighted by atomic mass is 16.7. The minimum atomic E-state index is 0.0559. The van der Waals surface area contributed by atoms with E-state index in [-0.39, 0.29) is 6.29 Å². The number of hydrogen-bond donors (Lipinski definition) is 0. The number of rotatable bonds is 7. The Bertz CT molecular complexity index is 189. The van der Waals surface area contributed by atoms with Gasteiger partial charge in [-0.3, -0.25) is 0 Å². The van der Waals surface area contributed by atoms with Crippen LogP contribution in [0.15, 0.2) is 12.2 Å². The van der Waals surface area contributed by atoms with Crippen molar-refractivity contribution in [2.75, 3.05) is 6.61 Å². The Kier molecular flexibility index (Phi) is 7.52. The first-order chi connectivity index (χ1) is 7.86. The van der Waals surface area contributed by atoms with E-state index in [1.165, 1.54) is 19.3 Å². The van der Waals surface area contributed by atoms with Crippen LogP contribution < -0.4 is 0 Å². The summed E-state index contributed by atoms with van der Waals surface area (Å²) in [6, 6.07) is 0. The lowest BCUT2D eigenvalue weighted by molar-refractivity contribution is -0.213. The molecule has 1 saturated heterocycles. The Hall–Kier alpha value is -0.340. The summed E-state index contributed by atoms with van der Waals surface area (Å²) in [5.41, 5.74) is 0. The molecular weight excluding hydrogens is 200 g/mol. The fourth-order valence-corrected chi connectivity index (χ4v) is 1.95. The fraction of sp³-hybridized carbons (Fsp3) is 0.857. The Balaban J connectivity index is 2.16. The molecule has 0 aromatic rings. The Morgan fingerprint density at radius 1 is 1.19 bits per heavy atom. The summed E-state index contributed by atoms with van der Waals surface area (Å²) in [5.74, 6) is 0. The average molecular weight is 226 g/mol. The smallest absolute Gasteiger partial charge is 0.157 e. The second-order valence-corrected chi connectivity index (χ2v) is 4.46. The minimum Gasteiger partial charge on any atom is -0.353 e. The first-order valence-corrected chi connectivity index (χ1v) is 6.78. The third-order valence-electron chi connectivity index (χ3n) is 2.93. The fourth-order valence-electron chi connectivity index (χ4n) is 1.95. The van der Waals surface area contributed by atoms with Gasteiger partial charge in [0.25, 0.3) is 0 Å². The van der Waals surface area contributed by atoms with Crippen molar-refractivity contribution < 1.29 is 9.47 Å². The van der Waals surface area contributed by atoms with Crippen molar-refractivity contribution in [1.82, 2.24) is 0 Å². The van der Waals surface area contributed by atoms with Gasteiger partial charge >= 0.3 is 0 Å². The van der Waals surface area contributed by atoms with Gasteiger partial charge in [-0.2, -0.15) is 0 Å². The van der Waals surface area contributed by atoms with Crippen LogP contribution in [0.4, 0.5) is 0 Å². The number of unbranched alkanes of at least 4 members (excludes halogenated alkanes) is 2. The van der Waals surface area contributed by atoms with Crippen molar-refractivity contribution in [3.63, 3.8) is 0 Å². The Morgan fingerprint density at radius 2 is 2.06 bits per heavy atom. The molecule has 0 aromatic carbocycles. The number of allylic oxidation sites excluding steroid dienone is 1. The average Bonchev–Trinajstić information content (AvgIpc) is 2.30. The first kappa shape index (κ1) is 13.7. The van der Waals surface area contributed by atoms with Crippen LogP contribution >= 0.6 is 0 Å². The minimum absolute atomic E-state index is 0.0559. The summed E-state index contributed by atoms with van der Waals surface area (Å²) in [6.45, 7) is 5.25. The topological polar surface area (TPSA) is 18.5 Å². The quantitative estimate of drug-likeness (QED) is 0.481. The predicted molar refractivity (Wildman–Crippen MR) is 67.4 cm³/mol. The van der Waals surface area contributed by atoms with Crippen molar-refractivity contribution >= 4 is 0 Å². The third-order valence-corrected chi connectivity index (χ3v) is 2.93. The van der Waals surface area contributed by atoms with Gasteiger partial charge in [0.1, 0.15) is 0 Å². The molecule has 1 aliphatic rings. The molecule has 0 N–H and O–H groups in total. The highest BCUT2D eigenvalue weighted by Gasteiger charge is 2.21. The normalized spacial score (nSPS) is 26.4. The summed E-state index contributed by atoms with van der Waals surface area (Å²) >= 11 is 0. The van der Waals surface area contributed by atoms with Gasteiger partial charge in [-0.1, -0.05) is 38.8 Å². The Labute approximate surface area is 100 Å². The van der Waals surface area contributed by atoms with E-state index < -0.39 is 0 Å². The van der Waals surface area contributed by atoms with E-state index in [1.54, 1.807) is 0 Å². The standard InChI is InChI=1S/C14H26O2/c1-3-5-7-9-13-11-12-15-14(16-13)10-8-6-4-2/h5,7,13-14H,3-4,6,8-12H2,1-2H3/b7-5-. The van der Waals surface area contributed by atoms with Crippen LogP contribution in [0, 0.1) is 0 Å². The molecule has 0 spiro atoms. The second kappa shape index (κ2) is 8.77. The van der Waals surface area contributed by atoms with Crippen LogP contribution in [0.2, 0.25) is 0 Å². The number of ether oxygens (including phenoxy) is 2. The molecule has 0 amide bonds. The lowest BCUT2D eigenvalue weighted by Gasteiger charge is -2.29. The van der Waals surface area contributed by atoms with Crippen molar-refractivity contribution in [2.45, 2.75) is 71.2 Å². The highest BCUT2D eigenvalue weighted by Crippen LogP contribution is 2.19. The van der Waals surface area contributed by atoms with Crippen LogP contribution in [0.25, 0.3) is 0 Å². The van der Waals surface area contributed by atoms with Crippen LogP contribution in [-0.4, -0.2) is 19.0 Å². The van der Waals surface area contributed by atoms with Gasteiger partial charge < -0.3 is 9.47 Å². The van der Waals surface area contributed by atoms with Crippen LogP contribution in [0.5, 0.6) is 0 Å². The lowest BCUT2D eigenvalue weighted by Crippen LogP contribution is -2.31. The van der Waals surface area contributed by atoms with Crippen molar-refractivity contribution in [1.29, 1.82) is 0 Å². The maximum Gasteiger partial charge on any atom is 0.157 e. The molecule has 0 aromatic heterocycles. The van der Waals surface area contributed by atoms with Gasteiger partial charge in [0, 0.05) is 0 Å².